The third-order valence-corrected chi connectivity index (χ3v) is 3.89. The summed E-state index contributed by atoms with van der Waals surface area (Å²) in [6, 6.07) is 14.2. The van der Waals surface area contributed by atoms with Crippen molar-refractivity contribution in [2.24, 2.45) is 0 Å². The highest BCUT2D eigenvalue weighted by Gasteiger charge is 2.17. The van der Waals surface area contributed by atoms with Crippen LogP contribution < -0.4 is 5.32 Å². The van der Waals surface area contributed by atoms with Gasteiger partial charge >= 0.3 is 0 Å². The molecule has 21 heavy (non-hydrogen) atoms. The van der Waals surface area contributed by atoms with Crippen molar-refractivity contribution in [1.29, 1.82) is 0 Å². The normalized spacial score (nSPS) is 12.7. The number of para-hydroxylation sites is 1. The summed E-state index contributed by atoms with van der Waals surface area (Å²) >= 11 is 6.13. The van der Waals surface area contributed by atoms with Crippen LogP contribution in [0.25, 0.3) is 11.0 Å². The fourth-order valence-electron chi connectivity index (χ4n) is 2.45. The minimum Gasteiger partial charge on any atom is -0.458 e. The number of furan rings is 1. The van der Waals surface area contributed by atoms with Crippen molar-refractivity contribution in [3.8, 4) is 0 Å². The van der Waals surface area contributed by atoms with E-state index in [9.17, 15) is 4.39 Å². The average molecular weight is 304 g/mol. The van der Waals surface area contributed by atoms with Crippen LogP contribution in [0.4, 0.5) is 4.39 Å². The van der Waals surface area contributed by atoms with E-state index in [0.29, 0.717) is 22.6 Å². The summed E-state index contributed by atoms with van der Waals surface area (Å²) in [5, 5.41) is 4.70. The van der Waals surface area contributed by atoms with Crippen molar-refractivity contribution >= 4 is 22.6 Å². The Morgan fingerprint density at radius 3 is 2.71 bits per heavy atom. The van der Waals surface area contributed by atoms with Gasteiger partial charge < -0.3 is 9.73 Å². The first kappa shape index (κ1) is 14.1. The third kappa shape index (κ3) is 2.80. The topological polar surface area (TPSA) is 25.2 Å². The first-order valence-corrected chi connectivity index (χ1v) is 7.15. The van der Waals surface area contributed by atoms with Crippen molar-refractivity contribution in [1.82, 2.24) is 5.32 Å². The van der Waals surface area contributed by atoms with Gasteiger partial charge in [0.1, 0.15) is 11.6 Å². The number of hydrogen-bond acceptors (Lipinski definition) is 2. The third-order valence-electron chi connectivity index (χ3n) is 3.59. The summed E-state index contributed by atoms with van der Waals surface area (Å²) in [6.07, 6.45) is 0.514. The van der Waals surface area contributed by atoms with E-state index in [2.05, 4.69) is 5.32 Å². The Kier molecular flexibility index (Phi) is 3.95. The van der Waals surface area contributed by atoms with Crippen molar-refractivity contribution in [2.45, 2.75) is 12.5 Å². The van der Waals surface area contributed by atoms with Gasteiger partial charge in [-0.1, -0.05) is 41.9 Å². The summed E-state index contributed by atoms with van der Waals surface area (Å²) in [6.45, 7) is 0. The van der Waals surface area contributed by atoms with Gasteiger partial charge in [-0.25, -0.2) is 4.39 Å². The summed E-state index contributed by atoms with van der Waals surface area (Å²) in [4.78, 5) is 0. The number of nitrogens with one attached hydrogen (secondary N) is 1. The minimum atomic E-state index is -0.202. The zero-order valence-corrected chi connectivity index (χ0v) is 12.3. The highest BCUT2D eigenvalue weighted by Crippen LogP contribution is 2.30. The minimum absolute atomic E-state index is 0.106. The maximum atomic E-state index is 13.8. The molecule has 0 aliphatic carbocycles. The zero-order chi connectivity index (χ0) is 14.8. The predicted octanol–water partition coefficient (Wildman–Crippen LogP) is 4.73. The second kappa shape index (κ2) is 5.88. The fraction of sp³-hybridized carbons (Fsp3) is 0.176. The van der Waals surface area contributed by atoms with Crippen LogP contribution in [0.15, 0.2) is 52.9 Å². The highest BCUT2D eigenvalue weighted by molar-refractivity contribution is 6.34. The van der Waals surface area contributed by atoms with Crippen LogP contribution in [0.2, 0.25) is 5.02 Å². The molecule has 0 saturated carbocycles. The summed E-state index contributed by atoms with van der Waals surface area (Å²) < 4.78 is 19.6. The van der Waals surface area contributed by atoms with E-state index in [4.69, 9.17) is 16.0 Å². The fourth-order valence-corrected chi connectivity index (χ4v) is 2.67. The Bertz CT molecular complexity index is 768. The number of rotatable bonds is 4. The Hall–Kier alpha value is -1.84. The molecular weight excluding hydrogens is 289 g/mol. The summed E-state index contributed by atoms with van der Waals surface area (Å²) in [7, 11) is 1.83. The molecule has 2 nitrogen and oxygen atoms in total. The highest BCUT2D eigenvalue weighted by atomic mass is 35.5. The van der Waals surface area contributed by atoms with E-state index in [1.807, 2.05) is 31.3 Å². The summed E-state index contributed by atoms with van der Waals surface area (Å²) in [5.41, 5.74) is 1.33. The standard InChI is InChI=1S/C17H15ClFNO/c1-20-15(9-11-5-2-3-8-14(11)19)16-10-12-6-4-7-13(18)17(12)21-16/h2-8,10,15,20H,9H2,1H3. The van der Waals surface area contributed by atoms with Crippen LogP contribution in [0, 0.1) is 5.82 Å². The van der Waals surface area contributed by atoms with Gasteiger partial charge in [-0.05, 0) is 37.2 Å². The summed E-state index contributed by atoms with van der Waals surface area (Å²) in [5.74, 6) is 0.552. The quantitative estimate of drug-likeness (QED) is 0.754. The van der Waals surface area contributed by atoms with Crippen molar-refractivity contribution < 1.29 is 8.81 Å². The van der Waals surface area contributed by atoms with Gasteiger partial charge in [-0.2, -0.15) is 0 Å². The van der Waals surface area contributed by atoms with Gasteiger partial charge in [0, 0.05) is 5.39 Å². The van der Waals surface area contributed by atoms with Crippen molar-refractivity contribution in [3.63, 3.8) is 0 Å². The largest absolute Gasteiger partial charge is 0.458 e. The molecule has 1 aromatic heterocycles. The molecule has 1 heterocycles. The van der Waals surface area contributed by atoms with E-state index in [1.54, 1.807) is 18.2 Å². The molecule has 4 heteroatoms. The van der Waals surface area contributed by atoms with Crippen molar-refractivity contribution in [2.75, 3.05) is 7.05 Å². The molecule has 0 amide bonds. The van der Waals surface area contributed by atoms with Crippen LogP contribution >= 0.6 is 11.6 Å². The molecule has 108 valence electrons. The second-order valence-electron chi connectivity index (χ2n) is 4.94. The predicted molar refractivity (Wildman–Crippen MR) is 83.1 cm³/mol. The molecule has 1 unspecified atom stereocenters. The van der Waals surface area contributed by atoms with Crippen LogP contribution in [-0.4, -0.2) is 7.05 Å². The Morgan fingerprint density at radius 2 is 2.00 bits per heavy atom. The van der Waals surface area contributed by atoms with E-state index in [-0.39, 0.29) is 11.9 Å². The number of fused-ring (bicyclic) bond motifs is 1. The van der Waals surface area contributed by atoms with Gasteiger partial charge in [-0.3, -0.25) is 0 Å². The van der Waals surface area contributed by atoms with Crippen LogP contribution in [0.5, 0.6) is 0 Å². The first-order chi connectivity index (χ1) is 10.2. The number of benzene rings is 2. The van der Waals surface area contributed by atoms with E-state index >= 15 is 0 Å². The molecule has 0 aliphatic heterocycles. The molecule has 3 aromatic rings. The van der Waals surface area contributed by atoms with E-state index in [1.165, 1.54) is 6.07 Å². The molecular formula is C17H15ClFNO. The maximum Gasteiger partial charge on any atom is 0.152 e. The van der Waals surface area contributed by atoms with Gasteiger partial charge in [0.25, 0.3) is 0 Å². The van der Waals surface area contributed by atoms with Crippen LogP contribution in [0.3, 0.4) is 0 Å². The number of halogens is 2. The first-order valence-electron chi connectivity index (χ1n) is 6.77. The van der Waals surface area contributed by atoms with Gasteiger partial charge in [-0.15, -0.1) is 0 Å². The van der Waals surface area contributed by atoms with Gasteiger partial charge in [0.05, 0.1) is 11.1 Å². The van der Waals surface area contributed by atoms with Crippen LogP contribution in [0.1, 0.15) is 17.4 Å². The molecule has 0 saturated heterocycles. The maximum absolute atomic E-state index is 13.8. The zero-order valence-electron chi connectivity index (χ0n) is 11.6. The average Bonchev–Trinajstić information content (AvgIpc) is 2.92. The molecule has 0 bridgehead atoms. The lowest BCUT2D eigenvalue weighted by Crippen LogP contribution is -2.18. The molecule has 3 rings (SSSR count). The Balaban J connectivity index is 1.95. The smallest absolute Gasteiger partial charge is 0.152 e. The van der Waals surface area contributed by atoms with Crippen molar-refractivity contribution in [3.05, 3.63) is 70.7 Å². The Morgan fingerprint density at radius 1 is 1.19 bits per heavy atom. The molecule has 0 fully saturated rings. The molecule has 2 aromatic carbocycles. The van der Waals surface area contributed by atoms with Gasteiger partial charge in [0.2, 0.25) is 0 Å². The number of likely N-dealkylation sites (N-methyl/N-ethyl adjacent to an activating group) is 1. The molecule has 0 spiro atoms. The van der Waals surface area contributed by atoms with Crippen LogP contribution in [-0.2, 0) is 6.42 Å². The molecule has 1 atom stereocenters. The second-order valence-corrected chi connectivity index (χ2v) is 5.35. The van der Waals surface area contributed by atoms with E-state index < -0.39 is 0 Å². The van der Waals surface area contributed by atoms with Gasteiger partial charge in [0.15, 0.2) is 5.58 Å². The molecule has 0 radical (unpaired) electrons. The Labute approximate surface area is 127 Å². The lowest BCUT2D eigenvalue weighted by Gasteiger charge is -2.14. The lowest BCUT2D eigenvalue weighted by molar-refractivity contribution is 0.445. The van der Waals surface area contributed by atoms with E-state index in [0.717, 1.165) is 11.1 Å². The molecule has 0 aliphatic rings. The molecule has 1 N–H and O–H groups in total. The SMILES string of the molecule is CNC(Cc1ccccc1F)c1cc2cccc(Cl)c2o1. The lowest BCUT2D eigenvalue weighted by atomic mass is 10.0. The number of hydrogen-bond donors (Lipinski definition) is 1. The monoisotopic (exact) mass is 303 g/mol.